The summed E-state index contributed by atoms with van der Waals surface area (Å²) in [6.45, 7) is 5.25. The van der Waals surface area contributed by atoms with E-state index in [1.54, 1.807) is 35.1 Å². The Balaban J connectivity index is 1.47. The maximum Gasteiger partial charge on any atom is 0.323 e. The molecule has 2 aromatic carbocycles. The predicted molar refractivity (Wildman–Crippen MR) is 129 cm³/mol. The van der Waals surface area contributed by atoms with Gasteiger partial charge in [0.1, 0.15) is 12.4 Å². The van der Waals surface area contributed by atoms with Gasteiger partial charge >= 0.3 is 6.03 Å². The van der Waals surface area contributed by atoms with Gasteiger partial charge in [-0.25, -0.2) is 4.79 Å². The van der Waals surface area contributed by atoms with Crippen molar-refractivity contribution in [2.45, 2.75) is 19.8 Å². The van der Waals surface area contributed by atoms with Crippen LogP contribution in [0.15, 0.2) is 54.7 Å². The SMILES string of the molecule is CC(=O)c1cccc(NC(=O)Nc2ccc(OCCN3CCCC3)c(-c3ccnn3C)c2)c1. The third-order valence-corrected chi connectivity index (χ3v) is 5.73. The van der Waals surface area contributed by atoms with Gasteiger partial charge in [-0.3, -0.25) is 14.4 Å². The number of urea groups is 1. The van der Waals surface area contributed by atoms with Gasteiger partial charge in [0, 0.05) is 42.3 Å². The van der Waals surface area contributed by atoms with Crippen molar-refractivity contribution in [3.8, 4) is 17.0 Å². The van der Waals surface area contributed by atoms with Crippen LogP contribution in [0.2, 0.25) is 0 Å². The Morgan fingerprint density at radius 1 is 1.03 bits per heavy atom. The second-order valence-corrected chi connectivity index (χ2v) is 8.16. The van der Waals surface area contributed by atoms with E-state index in [9.17, 15) is 9.59 Å². The van der Waals surface area contributed by atoms with Crippen molar-refractivity contribution >= 4 is 23.2 Å². The van der Waals surface area contributed by atoms with Gasteiger partial charge in [0.25, 0.3) is 0 Å². The number of amides is 2. The Bertz CT molecular complexity index is 1130. The third kappa shape index (κ3) is 5.78. The molecular formula is C25H29N5O3. The highest BCUT2D eigenvalue weighted by Gasteiger charge is 2.15. The summed E-state index contributed by atoms with van der Waals surface area (Å²) in [6.07, 6.45) is 4.24. The number of ketones is 1. The molecule has 1 fully saturated rings. The molecule has 4 rings (SSSR count). The fourth-order valence-electron chi connectivity index (χ4n) is 3.97. The maximum atomic E-state index is 12.6. The van der Waals surface area contributed by atoms with E-state index >= 15 is 0 Å². The average molecular weight is 448 g/mol. The lowest BCUT2D eigenvalue weighted by molar-refractivity contribution is 0.101. The number of nitrogens with zero attached hydrogens (tertiary/aromatic N) is 3. The molecule has 1 saturated heterocycles. The van der Waals surface area contributed by atoms with Crippen molar-refractivity contribution in [2.24, 2.45) is 7.05 Å². The molecule has 8 nitrogen and oxygen atoms in total. The van der Waals surface area contributed by atoms with E-state index in [4.69, 9.17) is 4.74 Å². The molecule has 1 aromatic heterocycles. The molecule has 0 radical (unpaired) electrons. The molecule has 172 valence electrons. The molecular weight excluding hydrogens is 418 g/mol. The molecule has 33 heavy (non-hydrogen) atoms. The van der Waals surface area contributed by atoms with Crippen LogP contribution in [0.1, 0.15) is 30.1 Å². The second-order valence-electron chi connectivity index (χ2n) is 8.16. The molecule has 3 aromatic rings. The van der Waals surface area contributed by atoms with Gasteiger partial charge in [0.2, 0.25) is 0 Å². The third-order valence-electron chi connectivity index (χ3n) is 5.73. The maximum absolute atomic E-state index is 12.6. The van der Waals surface area contributed by atoms with Crippen molar-refractivity contribution < 1.29 is 14.3 Å². The van der Waals surface area contributed by atoms with E-state index in [2.05, 4.69) is 20.6 Å². The highest BCUT2D eigenvalue weighted by molar-refractivity contribution is 6.01. The number of carbonyl (C=O) groups is 2. The summed E-state index contributed by atoms with van der Waals surface area (Å²) in [5.74, 6) is 0.693. The number of aryl methyl sites for hydroxylation is 1. The zero-order valence-electron chi connectivity index (χ0n) is 19.0. The summed E-state index contributed by atoms with van der Waals surface area (Å²) in [5.41, 5.74) is 3.46. The molecule has 2 heterocycles. The molecule has 0 spiro atoms. The first-order valence-electron chi connectivity index (χ1n) is 11.2. The van der Waals surface area contributed by atoms with Crippen molar-refractivity contribution in [3.05, 3.63) is 60.3 Å². The standard InChI is InChI=1S/C25H29N5O3/c1-18(31)19-6-5-7-20(16-19)27-25(32)28-21-8-9-24(33-15-14-30-12-3-4-13-30)22(17-21)23-10-11-26-29(23)2/h5-11,16-17H,3-4,12-15H2,1-2H3,(H2,27,28,32). The first-order valence-corrected chi connectivity index (χ1v) is 11.2. The Morgan fingerprint density at radius 2 is 1.79 bits per heavy atom. The van der Waals surface area contributed by atoms with Crippen molar-refractivity contribution in [2.75, 3.05) is 36.9 Å². The lowest BCUT2D eigenvalue weighted by Gasteiger charge is -2.17. The monoisotopic (exact) mass is 447 g/mol. The fourth-order valence-corrected chi connectivity index (χ4v) is 3.97. The number of ether oxygens (including phenoxy) is 1. The number of rotatable bonds is 8. The smallest absolute Gasteiger partial charge is 0.323 e. The zero-order valence-corrected chi connectivity index (χ0v) is 19.0. The normalized spacial score (nSPS) is 13.6. The summed E-state index contributed by atoms with van der Waals surface area (Å²) < 4.78 is 7.90. The molecule has 8 heteroatoms. The van der Waals surface area contributed by atoms with Crippen LogP contribution in [0.4, 0.5) is 16.2 Å². The van der Waals surface area contributed by atoms with Crippen LogP contribution in [0, 0.1) is 0 Å². The molecule has 0 bridgehead atoms. The van der Waals surface area contributed by atoms with Gasteiger partial charge < -0.3 is 15.4 Å². The molecule has 1 aliphatic rings. The van der Waals surface area contributed by atoms with E-state index in [1.165, 1.54) is 19.8 Å². The lowest BCUT2D eigenvalue weighted by atomic mass is 10.1. The topological polar surface area (TPSA) is 88.5 Å². The summed E-state index contributed by atoms with van der Waals surface area (Å²) in [5, 5.41) is 9.91. The zero-order chi connectivity index (χ0) is 23.2. The van der Waals surface area contributed by atoms with Gasteiger partial charge in [0.05, 0.1) is 5.69 Å². The molecule has 0 unspecified atom stereocenters. The van der Waals surface area contributed by atoms with E-state index in [1.807, 2.05) is 31.3 Å². The van der Waals surface area contributed by atoms with E-state index in [0.717, 1.165) is 36.6 Å². The Morgan fingerprint density at radius 3 is 2.48 bits per heavy atom. The van der Waals surface area contributed by atoms with Crippen LogP contribution < -0.4 is 15.4 Å². The minimum atomic E-state index is -0.394. The molecule has 2 N–H and O–H groups in total. The number of Topliss-reactive ketones (excluding diaryl/α,β-unsaturated/α-hetero) is 1. The number of hydrogen-bond donors (Lipinski definition) is 2. The van der Waals surface area contributed by atoms with Crippen LogP contribution >= 0.6 is 0 Å². The van der Waals surface area contributed by atoms with E-state index in [-0.39, 0.29) is 5.78 Å². The van der Waals surface area contributed by atoms with Crippen molar-refractivity contribution in [1.82, 2.24) is 14.7 Å². The van der Waals surface area contributed by atoms with Gasteiger partial charge in [-0.1, -0.05) is 12.1 Å². The number of hydrogen-bond acceptors (Lipinski definition) is 5. The highest BCUT2D eigenvalue weighted by atomic mass is 16.5. The summed E-state index contributed by atoms with van der Waals surface area (Å²) >= 11 is 0. The summed E-state index contributed by atoms with van der Waals surface area (Å²) in [6, 6.07) is 13.9. The summed E-state index contributed by atoms with van der Waals surface area (Å²) in [7, 11) is 1.87. The van der Waals surface area contributed by atoms with Gasteiger partial charge in [-0.05, 0) is 69.3 Å². The molecule has 1 aliphatic heterocycles. The van der Waals surface area contributed by atoms with Gasteiger partial charge in [-0.2, -0.15) is 5.10 Å². The second kappa shape index (κ2) is 10.3. The largest absolute Gasteiger partial charge is 0.492 e. The van der Waals surface area contributed by atoms with E-state index in [0.29, 0.717) is 23.5 Å². The molecule has 0 aliphatic carbocycles. The van der Waals surface area contributed by atoms with Crippen LogP contribution in [-0.4, -0.2) is 52.7 Å². The molecule has 0 saturated carbocycles. The fraction of sp³-hybridized carbons (Fsp3) is 0.320. The number of aromatic nitrogens is 2. The first kappa shape index (κ1) is 22.5. The first-order chi connectivity index (χ1) is 16.0. The van der Waals surface area contributed by atoms with Crippen molar-refractivity contribution in [3.63, 3.8) is 0 Å². The number of benzene rings is 2. The Kier molecular flexibility index (Phi) is 7.04. The Labute approximate surface area is 193 Å². The van der Waals surface area contributed by atoms with Gasteiger partial charge in [0.15, 0.2) is 5.78 Å². The minimum Gasteiger partial charge on any atom is -0.492 e. The van der Waals surface area contributed by atoms with E-state index < -0.39 is 6.03 Å². The van der Waals surface area contributed by atoms with Crippen molar-refractivity contribution in [1.29, 1.82) is 0 Å². The van der Waals surface area contributed by atoms with Crippen LogP contribution in [-0.2, 0) is 7.05 Å². The Hall–Kier alpha value is -3.65. The molecule has 2 amide bonds. The predicted octanol–water partition coefficient (Wildman–Crippen LogP) is 4.41. The van der Waals surface area contributed by atoms with Crippen LogP contribution in [0.25, 0.3) is 11.3 Å². The quantitative estimate of drug-likeness (QED) is 0.500. The number of likely N-dealkylation sites (tertiary alicyclic amines) is 1. The molecule has 0 atom stereocenters. The number of anilines is 2. The number of nitrogens with one attached hydrogen (secondary N) is 2. The minimum absolute atomic E-state index is 0.0554. The lowest BCUT2D eigenvalue weighted by Crippen LogP contribution is -2.25. The van der Waals surface area contributed by atoms with Crippen LogP contribution in [0.5, 0.6) is 5.75 Å². The van der Waals surface area contributed by atoms with Crippen LogP contribution in [0.3, 0.4) is 0 Å². The average Bonchev–Trinajstić information content (AvgIpc) is 3.46. The highest BCUT2D eigenvalue weighted by Crippen LogP contribution is 2.32. The summed E-state index contributed by atoms with van der Waals surface area (Å²) in [4.78, 5) is 26.6. The number of carbonyl (C=O) groups excluding carboxylic acids is 2. The van der Waals surface area contributed by atoms with Gasteiger partial charge in [-0.15, -0.1) is 0 Å².